The molecule has 0 unspecified atom stereocenters. The molecule has 1 saturated heterocycles. The van der Waals surface area contributed by atoms with Gasteiger partial charge in [0.25, 0.3) is 0 Å². The molecule has 2 heterocycles. The quantitative estimate of drug-likeness (QED) is 0.537. The number of hydrogen-bond donors (Lipinski definition) is 0. The number of rotatable bonds is 5. The largest absolute Gasteiger partial charge is 0.282 e. The minimum absolute atomic E-state index is 0.414. The molecule has 1 aromatic heterocycles. The number of benzene rings is 1. The summed E-state index contributed by atoms with van der Waals surface area (Å²) in [5, 5.41) is 4.48. The number of piperazine rings is 1. The molecule has 3 rings (SSSR count). The highest BCUT2D eigenvalue weighted by Crippen LogP contribution is 2.23. The van der Waals surface area contributed by atoms with Gasteiger partial charge in [0.2, 0.25) is 10.0 Å². The summed E-state index contributed by atoms with van der Waals surface area (Å²) in [4.78, 5) is 2.60. The summed E-state index contributed by atoms with van der Waals surface area (Å²) in [6.07, 6.45) is 1.98. The normalized spacial score (nSPS) is 16.9. The average Bonchev–Trinajstić information content (AvgIpc) is 2.97. The van der Waals surface area contributed by atoms with Gasteiger partial charge in [0.05, 0.1) is 11.6 Å². The van der Waals surface area contributed by atoms with Gasteiger partial charge in [0, 0.05) is 26.2 Å². The average molecular weight is 431 g/mol. The Morgan fingerprint density at radius 2 is 1.92 bits per heavy atom. The van der Waals surface area contributed by atoms with Gasteiger partial charge in [0.15, 0.2) is 8.29 Å². The van der Waals surface area contributed by atoms with E-state index in [2.05, 4.69) is 10.00 Å². The van der Waals surface area contributed by atoms with Crippen LogP contribution in [0.2, 0.25) is 0 Å². The van der Waals surface area contributed by atoms with Gasteiger partial charge in [-0.05, 0) is 49.5 Å². The fraction of sp³-hybridized carbons (Fsp3) is 0.500. The van der Waals surface area contributed by atoms with Crippen LogP contribution in [0, 0.1) is 17.8 Å². The third kappa shape index (κ3) is 4.20. The van der Waals surface area contributed by atoms with E-state index in [9.17, 15) is 8.42 Å². The molecule has 0 bridgehead atoms. The van der Waals surface area contributed by atoms with Gasteiger partial charge in [-0.2, -0.15) is 9.40 Å². The first-order chi connectivity index (χ1) is 12.3. The zero-order valence-electron chi connectivity index (χ0n) is 15.0. The van der Waals surface area contributed by atoms with Gasteiger partial charge in [-0.15, -0.1) is 0 Å². The maximum atomic E-state index is 13.0. The van der Waals surface area contributed by atoms with Crippen LogP contribution in [-0.4, -0.2) is 59.8 Å². The second-order valence-corrected chi connectivity index (χ2v) is 10.9. The van der Waals surface area contributed by atoms with Crippen molar-refractivity contribution >= 4 is 45.3 Å². The van der Waals surface area contributed by atoms with Gasteiger partial charge in [-0.1, -0.05) is 35.2 Å². The molecule has 0 amide bonds. The summed E-state index contributed by atoms with van der Waals surface area (Å²) in [7, 11) is -3.46. The van der Waals surface area contributed by atoms with Crippen molar-refractivity contribution in [1.29, 1.82) is 0 Å². The third-order valence-corrected chi connectivity index (χ3v) is 8.71. The topological polar surface area (TPSA) is 58.4 Å². The highest BCUT2D eigenvalue weighted by atomic mass is 32.2. The van der Waals surface area contributed by atoms with Crippen molar-refractivity contribution in [3.63, 3.8) is 0 Å². The molecule has 6 nitrogen and oxygen atoms in total. The van der Waals surface area contributed by atoms with Gasteiger partial charge in [-0.25, -0.2) is 13.1 Å². The Morgan fingerprint density at radius 3 is 2.54 bits per heavy atom. The summed E-state index contributed by atoms with van der Waals surface area (Å²) in [6, 6.07) is 5.56. The van der Waals surface area contributed by atoms with E-state index in [-0.39, 0.29) is 0 Å². The highest BCUT2D eigenvalue weighted by Gasteiger charge is 2.29. The lowest BCUT2D eigenvalue weighted by Gasteiger charge is -2.34. The minimum Gasteiger partial charge on any atom is -0.282 e. The van der Waals surface area contributed by atoms with Crippen LogP contribution in [0.5, 0.6) is 0 Å². The first-order valence-electron chi connectivity index (χ1n) is 8.23. The van der Waals surface area contributed by atoms with Gasteiger partial charge >= 0.3 is 0 Å². The van der Waals surface area contributed by atoms with Crippen LogP contribution in [0.3, 0.4) is 0 Å². The summed E-state index contributed by atoms with van der Waals surface area (Å²) >= 11 is 8.44. The zero-order valence-corrected chi connectivity index (χ0v) is 18.3. The molecule has 1 fully saturated rings. The Morgan fingerprint density at radius 1 is 1.23 bits per heavy atom. The molecular weight excluding hydrogens is 408 g/mol. The van der Waals surface area contributed by atoms with Crippen molar-refractivity contribution in [2.75, 3.05) is 32.4 Å². The predicted molar refractivity (Wildman–Crippen MR) is 109 cm³/mol. The zero-order chi connectivity index (χ0) is 18.9. The lowest BCUT2D eigenvalue weighted by Crippen LogP contribution is -2.49. The molecule has 10 heteroatoms. The van der Waals surface area contributed by atoms with Gasteiger partial charge in [-0.3, -0.25) is 4.90 Å². The SMILES string of the molecule is CSc1nn(CN2CCN(S(=O)(=O)c3cc(C)ccc3C)CC2)c(=S)s1. The maximum Gasteiger partial charge on any atom is 0.243 e. The van der Waals surface area contributed by atoms with Crippen molar-refractivity contribution in [3.8, 4) is 0 Å². The van der Waals surface area contributed by atoms with Gasteiger partial charge in [0.1, 0.15) is 0 Å². The number of sulfonamides is 1. The van der Waals surface area contributed by atoms with Gasteiger partial charge < -0.3 is 0 Å². The molecule has 142 valence electrons. The fourth-order valence-electron chi connectivity index (χ4n) is 2.88. The Balaban J connectivity index is 1.68. The Kier molecular flexibility index (Phi) is 6.20. The van der Waals surface area contributed by atoms with Crippen LogP contribution in [0.15, 0.2) is 27.4 Å². The standard InChI is InChI=1S/C16H22N4O2S4/c1-12-4-5-13(2)14(10-12)26(21,22)19-8-6-18(7-9-19)11-20-16(23)25-15(17-20)24-3/h4-5,10H,6-9,11H2,1-3H3. The molecule has 0 saturated carbocycles. The minimum atomic E-state index is -3.46. The summed E-state index contributed by atoms with van der Waals surface area (Å²) in [5.41, 5.74) is 1.74. The molecule has 0 spiro atoms. The molecule has 0 atom stereocenters. The fourth-order valence-corrected chi connectivity index (χ4v) is 6.35. The van der Waals surface area contributed by atoms with E-state index in [0.29, 0.717) is 37.7 Å². The van der Waals surface area contributed by atoms with Crippen LogP contribution in [0.1, 0.15) is 11.1 Å². The molecule has 1 aliphatic rings. The molecule has 0 N–H and O–H groups in total. The van der Waals surface area contributed by atoms with Crippen molar-refractivity contribution in [3.05, 3.63) is 33.3 Å². The number of thioether (sulfide) groups is 1. The van der Waals surface area contributed by atoms with E-state index in [4.69, 9.17) is 12.2 Å². The predicted octanol–water partition coefficient (Wildman–Crippen LogP) is 2.98. The first kappa shape index (κ1) is 20.0. The molecule has 0 aliphatic carbocycles. The summed E-state index contributed by atoms with van der Waals surface area (Å²) in [6.45, 7) is 6.64. The lowest BCUT2D eigenvalue weighted by molar-refractivity contribution is 0.144. The molecule has 2 aromatic rings. The molecular formula is C16H22N4O2S4. The summed E-state index contributed by atoms with van der Waals surface area (Å²) in [5.74, 6) is 0. The lowest BCUT2D eigenvalue weighted by atomic mass is 10.2. The van der Waals surface area contributed by atoms with Crippen LogP contribution in [-0.2, 0) is 16.7 Å². The third-order valence-electron chi connectivity index (χ3n) is 4.39. The van der Waals surface area contributed by atoms with E-state index in [1.165, 1.54) is 11.3 Å². The van der Waals surface area contributed by atoms with Crippen LogP contribution in [0.25, 0.3) is 0 Å². The van der Waals surface area contributed by atoms with Crippen LogP contribution >= 0.6 is 35.3 Å². The van der Waals surface area contributed by atoms with Crippen molar-refractivity contribution in [2.24, 2.45) is 0 Å². The first-order valence-corrected chi connectivity index (χ1v) is 12.1. The Bertz CT molecular complexity index is 943. The van der Waals surface area contributed by atoms with E-state index in [0.717, 1.165) is 19.4 Å². The monoisotopic (exact) mass is 430 g/mol. The molecule has 1 aliphatic heterocycles. The van der Waals surface area contributed by atoms with Crippen LogP contribution < -0.4 is 0 Å². The summed E-state index contributed by atoms with van der Waals surface area (Å²) < 4.78 is 31.1. The van der Waals surface area contributed by atoms with Crippen molar-refractivity contribution in [2.45, 2.75) is 29.8 Å². The molecule has 0 radical (unpaired) electrons. The number of aromatic nitrogens is 2. The smallest absolute Gasteiger partial charge is 0.243 e. The number of nitrogens with zero attached hydrogens (tertiary/aromatic N) is 4. The Labute approximate surface area is 167 Å². The van der Waals surface area contributed by atoms with E-state index < -0.39 is 10.0 Å². The van der Waals surface area contributed by atoms with E-state index >= 15 is 0 Å². The molecule has 1 aromatic carbocycles. The van der Waals surface area contributed by atoms with E-state index in [1.807, 2.05) is 36.9 Å². The second kappa shape index (κ2) is 8.07. The number of hydrogen-bond acceptors (Lipinski definition) is 7. The number of aryl methyl sites for hydroxylation is 2. The van der Waals surface area contributed by atoms with Crippen molar-refractivity contribution in [1.82, 2.24) is 19.0 Å². The van der Waals surface area contributed by atoms with E-state index in [1.54, 1.807) is 22.1 Å². The van der Waals surface area contributed by atoms with Crippen LogP contribution in [0.4, 0.5) is 0 Å². The van der Waals surface area contributed by atoms with Crippen molar-refractivity contribution < 1.29 is 8.42 Å². The highest BCUT2D eigenvalue weighted by molar-refractivity contribution is 8.00. The maximum absolute atomic E-state index is 13.0. The molecule has 26 heavy (non-hydrogen) atoms. The second-order valence-electron chi connectivity index (χ2n) is 6.27. The Hall–Kier alpha value is -0.780.